The first-order valence-corrected chi connectivity index (χ1v) is 9.60. The fourth-order valence-corrected chi connectivity index (χ4v) is 4.17. The number of carbonyl (C=O) groups excluding carboxylic acids is 1. The van der Waals surface area contributed by atoms with Crippen molar-refractivity contribution < 1.29 is 4.79 Å². The molecule has 0 atom stereocenters. The van der Waals surface area contributed by atoms with Crippen molar-refractivity contribution in [2.75, 3.05) is 5.32 Å². The molecule has 0 fully saturated rings. The first-order chi connectivity index (χ1) is 13.0. The lowest BCUT2D eigenvalue weighted by Crippen LogP contribution is -1.97. The summed E-state index contributed by atoms with van der Waals surface area (Å²) in [6.45, 7) is 3.64. The van der Waals surface area contributed by atoms with Crippen LogP contribution in [0.3, 0.4) is 0 Å². The van der Waals surface area contributed by atoms with Gasteiger partial charge < -0.3 is 5.32 Å². The molecule has 2 aromatic carbocycles. The van der Waals surface area contributed by atoms with Crippen LogP contribution >= 0.6 is 22.9 Å². The topological polar surface area (TPSA) is 54.9 Å². The van der Waals surface area contributed by atoms with Gasteiger partial charge in [-0.3, -0.25) is 4.79 Å². The van der Waals surface area contributed by atoms with Gasteiger partial charge in [0.25, 0.3) is 0 Å². The van der Waals surface area contributed by atoms with Crippen LogP contribution in [-0.2, 0) is 0 Å². The van der Waals surface area contributed by atoms with Gasteiger partial charge in [0.05, 0.1) is 5.39 Å². The van der Waals surface area contributed by atoms with Gasteiger partial charge in [0.1, 0.15) is 17.0 Å². The van der Waals surface area contributed by atoms with E-state index in [1.807, 2.05) is 48.5 Å². The molecular weight excluding hydrogens is 378 g/mol. The van der Waals surface area contributed by atoms with E-state index >= 15 is 0 Å². The first-order valence-electron chi connectivity index (χ1n) is 8.41. The van der Waals surface area contributed by atoms with Gasteiger partial charge in [0, 0.05) is 26.7 Å². The van der Waals surface area contributed by atoms with Gasteiger partial charge in [-0.05, 0) is 55.8 Å². The summed E-state index contributed by atoms with van der Waals surface area (Å²) in [7, 11) is 0. The molecule has 0 amide bonds. The fraction of sp³-hybridized carbons (Fsp3) is 0.0952. The molecular formula is C21H16ClN3OS. The highest BCUT2D eigenvalue weighted by atomic mass is 35.5. The number of nitrogens with one attached hydrogen (secondary N) is 1. The average Bonchev–Trinajstić information content (AvgIpc) is 3.00. The third-order valence-corrected chi connectivity index (χ3v) is 5.62. The number of thiophene rings is 1. The molecule has 0 radical (unpaired) electrons. The number of ketones is 1. The minimum atomic E-state index is 0.0458. The van der Waals surface area contributed by atoms with Gasteiger partial charge in [-0.2, -0.15) is 0 Å². The Morgan fingerprint density at radius 3 is 2.41 bits per heavy atom. The second kappa shape index (κ2) is 7.10. The summed E-state index contributed by atoms with van der Waals surface area (Å²) in [5.41, 5.74) is 3.73. The smallest absolute Gasteiger partial charge is 0.159 e. The first kappa shape index (κ1) is 17.6. The number of nitrogens with zero attached hydrogens (tertiary/aromatic N) is 2. The largest absolute Gasteiger partial charge is 0.340 e. The quantitative estimate of drug-likeness (QED) is 0.415. The van der Waals surface area contributed by atoms with Crippen molar-refractivity contribution in [3.05, 3.63) is 70.3 Å². The number of aryl methyl sites for hydroxylation is 1. The second-order valence-corrected chi connectivity index (χ2v) is 7.84. The molecule has 6 heteroatoms. The third-order valence-electron chi connectivity index (χ3n) is 4.35. The molecule has 2 heterocycles. The number of hydrogen-bond donors (Lipinski definition) is 1. The van der Waals surface area contributed by atoms with E-state index in [4.69, 9.17) is 11.6 Å². The van der Waals surface area contributed by atoms with E-state index in [9.17, 15) is 4.79 Å². The number of Topliss-reactive ketones (excluding diaryl/α,β-unsaturated/α-hetero) is 1. The van der Waals surface area contributed by atoms with Crippen molar-refractivity contribution in [3.8, 4) is 11.1 Å². The highest BCUT2D eigenvalue weighted by Crippen LogP contribution is 2.41. The molecule has 27 heavy (non-hydrogen) atoms. The Hall–Kier alpha value is -2.76. The molecule has 4 aromatic rings. The molecule has 0 saturated heterocycles. The molecule has 0 aliphatic heterocycles. The Morgan fingerprint density at radius 1 is 1.04 bits per heavy atom. The van der Waals surface area contributed by atoms with E-state index in [1.54, 1.807) is 24.6 Å². The van der Waals surface area contributed by atoms with Crippen LogP contribution in [0.25, 0.3) is 21.3 Å². The molecule has 0 saturated carbocycles. The van der Waals surface area contributed by atoms with Gasteiger partial charge in [0.2, 0.25) is 0 Å². The van der Waals surface area contributed by atoms with Crippen LogP contribution in [0, 0.1) is 6.92 Å². The summed E-state index contributed by atoms with van der Waals surface area (Å²) in [5, 5.41) is 5.06. The molecule has 0 spiro atoms. The van der Waals surface area contributed by atoms with Crippen molar-refractivity contribution in [2.45, 2.75) is 13.8 Å². The normalized spacial score (nSPS) is 10.9. The molecule has 4 rings (SSSR count). The van der Waals surface area contributed by atoms with Crippen LogP contribution in [0.2, 0.25) is 5.02 Å². The summed E-state index contributed by atoms with van der Waals surface area (Å²) < 4.78 is 0. The Morgan fingerprint density at radius 2 is 1.74 bits per heavy atom. The van der Waals surface area contributed by atoms with Crippen LogP contribution in [0.5, 0.6) is 0 Å². The van der Waals surface area contributed by atoms with Gasteiger partial charge in [-0.15, -0.1) is 11.3 Å². The Balaban J connectivity index is 1.81. The number of benzene rings is 2. The fourth-order valence-electron chi connectivity index (χ4n) is 3.03. The predicted molar refractivity (Wildman–Crippen MR) is 112 cm³/mol. The molecule has 0 bridgehead atoms. The van der Waals surface area contributed by atoms with E-state index in [2.05, 4.69) is 22.2 Å². The van der Waals surface area contributed by atoms with Crippen molar-refractivity contribution in [1.82, 2.24) is 9.97 Å². The summed E-state index contributed by atoms with van der Waals surface area (Å²) in [5.74, 6) is 0.786. The number of anilines is 2. The summed E-state index contributed by atoms with van der Waals surface area (Å²) >= 11 is 7.69. The van der Waals surface area contributed by atoms with Gasteiger partial charge in [-0.1, -0.05) is 23.7 Å². The summed E-state index contributed by atoms with van der Waals surface area (Å²) in [4.78, 5) is 22.5. The average molecular weight is 394 g/mol. The van der Waals surface area contributed by atoms with Crippen LogP contribution in [0.4, 0.5) is 11.5 Å². The minimum Gasteiger partial charge on any atom is -0.340 e. The SMILES string of the molecule is CC(=O)c1ccc(Nc2ncnc3sc(C)c(-c4ccc(Cl)cc4)c23)cc1. The van der Waals surface area contributed by atoms with E-state index in [1.165, 1.54) is 4.88 Å². The summed E-state index contributed by atoms with van der Waals surface area (Å²) in [6, 6.07) is 15.2. The molecule has 2 aromatic heterocycles. The zero-order valence-electron chi connectivity index (χ0n) is 14.8. The van der Waals surface area contributed by atoms with Crippen LogP contribution in [-0.4, -0.2) is 15.8 Å². The summed E-state index contributed by atoms with van der Waals surface area (Å²) in [6.07, 6.45) is 1.57. The third kappa shape index (κ3) is 3.44. The number of hydrogen-bond acceptors (Lipinski definition) is 5. The maximum Gasteiger partial charge on any atom is 0.159 e. The minimum absolute atomic E-state index is 0.0458. The number of aromatic nitrogens is 2. The highest BCUT2D eigenvalue weighted by Gasteiger charge is 2.17. The monoisotopic (exact) mass is 393 g/mol. The van der Waals surface area contributed by atoms with E-state index < -0.39 is 0 Å². The van der Waals surface area contributed by atoms with Gasteiger partial charge in [0.15, 0.2) is 5.78 Å². The lowest BCUT2D eigenvalue weighted by Gasteiger charge is -2.09. The Bertz CT molecular complexity index is 1130. The van der Waals surface area contributed by atoms with E-state index in [0.717, 1.165) is 32.8 Å². The van der Waals surface area contributed by atoms with Crippen molar-refractivity contribution in [1.29, 1.82) is 0 Å². The van der Waals surface area contributed by atoms with Crippen molar-refractivity contribution in [3.63, 3.8) is 0 Å². The zero-order valence-corrected chi connectivity index (χ0v) is 16.4. The van der Waals surface area contributed by atoms with Crippen molar-refractivity contribution >= 4 is 50.4 Å². The van der Waals surface area contributed by atoms with Crippen molar-refractivity contribution in [2.24, 2.45) is 0 Å². The molecule has 0 aliphatic carbocycles. The van der Waals surface area contributed by atoms with Crippen LogP contribution in [0.1, 0.15) is 22.2 Å². The van der Waals surface area contributed by atoms with E-state index in [0.29, 0.717) is 10.6 Å². The number of carbonyl (C=O) groups is 1. The molecule has 0 aliphatic rings. The maximum atomic E-state index is 11.5. The van der Waals surface area contributed by atoms with Crippen LogP contribution < -0.4 is 5.32 Å². The van der Waals surface area contributed by atoms with Crippen LogP contribution in [0.15, 0.2) is 54.9 Å². The molecule has 0 unspecified atom stereocenters. The number of rotatable bonds is 4. The molecule has 134 valence electrons. The molecule has 1 N–H and O–H groups in total. The number of halogens is 1. The molecule has 4 nitrogen and oxygen atoms in total. The van der Waals surface area contributed by atoms with E-state index in [-0.39, 0.29) is 5.78 Å². The maximum absolute atomic E-state index is 11.5. The predicted octanol–water partition coefficient (Wildman–Crippen LogP) is 6.27. The highest BCUT2D eigenvalue weighted by molar-refractivity contribution is 7.19. The standard InChI is InChI=1S/C21H16ClN3OS/c1-12(26)14-5-9-17(10-6-14)25-20-19-18(15-3-7-16(22)8-4-15)13(2)27-21(19)24-11-23-20/h3-11H,1-2H3,(H,23,24,25). The Kier molecular flexibility index (Phi) is 4.64. The van der Waals surface area contributed by atoms with Gasteiger partial charge in [-0.25, -0.2) is 9.97 Å². The lowest BCUT2D eigenvalue weighted by atomic mass is 10.0. The Labute approximate surface area is 165 Å². The number of fused-ring (bicyclic) bond motifs is 1. The zero-order chi connectivity index (χ0) is 19.0. The van der Waals surface area contributed by atoms with Gasteiger partial charge >= 0.3 is 0 Å². The lowest BCUT2D eigenvalue weighted by molar-refractivity contribution is 0.101. The second-order valence-electron chi connectivity index (χ2n) is 6.20.